The standard InChI is InChI=1S/C22H20ClFN2O4S/c1-3-26(16-7-5-4-6-8-16)31(28,29)17-10-12-21(30-2)20(14-17)25-22(27)18-11-9-15(23)13-19(18)24/h4-14H,3H2,1-2H3,(H,25,27). The van der Waals surface area contributed by atoms with Crippen molar-refractivity contribution >= 4 is 38.9 Å². The van der Waals surface area contributed by atoms with E-state index in [4.69, 9.17) is 16.3 Å². The largest absolute Gasteiger partial charge is 0.495 e. The van der Waals surface area contributed by atoms with Gasteiger partial charge in [-0.05, 0) is 55.5 Å². The number of para-hydroxylation sites is 1. The summed E-state index contributed by atoms with van der Waals surface area (Å²) in [7, 11) is -2.55. The molecule has 1 amide bonds. The molecule has 0 aliphatic rings. The van der Waals surface area contributed by atoms with E-state index in [0.29, 0.717) is 5.69 Å². The number of carbonyl (C=O) groups excluding carboxylic acids is 1. The number of ether oxygens (including phenoxy) is 1. The minimum atomic E-state index is -3.93. The van der Waals surface area contributed by atoms with Gasteiger partial charge in [0.1, 0.15) is 11.6 Å². The summed E-state index contributed by atoms with van der Waals surface area (Å²) in [5.74, 6) is -1.34. The molecule has 6 nitrogen and oxygen atoms in total. The SMILES string of the molecule is CCN(c1ccccc1)S(=O)(=O)c1ccc(OC)c(NC(=O)c2ccc(Cl)cc2F)c1. The van der Waals surface area contributed by atoms with Crippen LogP contribution in [0.15, 0.2) is 71.6 Å². The molecule has 0 saturated carbocycles. The van der Waals surface area contributed by atoms with Crippen molar-refractivity contribution in [3.63, 3.8) is 0 Å². The van der Waals surface area contributed by atoms with E-state index >= 15 is 0 Å². The molecule has 162 valence electrons. The lowest BCUT2D eigenvalue weighted by molar-refractivity contribution is 0.102. The number of hydrogen-bond acceptors (Lipinski definition) is 4. The number of amides is 1. The maximum absolute atomic E-state index is 14.1. The second-order valence-electron chi connectivity index (χ2n) is 6.45. The molecule has 3 aromatic rings. The molecule has 0 radical (unpaired) electrons. The Bertz CT molecular complexity index is 1200. The molecule has 31 heavy (non-hydrogen) atoms. The number of benzene rings is 3. The van der Waals surface area contributed by atoms with Gasteiger partial charge in [-0.1, -0.05) is 29.8 Å². The highest BCUT2D eigenvalue weighted by Crippen LogP contribution is 2.31. The molecule has 0 spiro atoms. The van der Waals surface area contributed by atoms with Gasteiger partial charge in [0, 0.05) is 11.6 Å². The molecule has 0 fully saturated rings. The third-order valence-electron chi connectivity index (χ3n) is 4.51. The monoisotopic (exact) mass is 462 g/mol. The maximum atomic E-state index is 14.1. The summed E-state index contributed by atoms with van der Waals surface area (Å²) in [4.78, 5) is 12.5. The fourth-order valence-electron chi connectivity index (χ4n) is 3.02. The van der Waals surface area contributed by atoms with E-state index in [1.165, 1.54) is 41.7 Å². The summed E-state index contributed by atoms with van der Waals surface area (Å²) in [5, 5.41) is 2.67. The number of halogens is 2. The van der Waals surface area contributed by atoms with Gasteiger partial charge in [-0.3, -0.25) is 9.10 Å². The molecule has 0 aromatic heterocycles. The van der Waals surface area contributed by atoms with Crippen molar-refractivity contribution in [2.24, 2.45) is 0 Å². The van der Waals surface area contributed by atoms with Crippen LogP contribution in [0.25, 0.3) is 0 Å². The van der Waals surface area contributed by atoms with Gasteiger partial charge < -0.3 is 10.1 Å². The average molecular weight is 463 g/mol. The van der Waals surface area contributed by atoms with Crippen molar-refractivity contribution in [1.82, 2.24) is 0 Å². The third-order valence-corrected chi connectivity index (χ3v) is 6.65. The van der Waals surface area contributed by atoms with Crippen molar-refractivity contribution < 1.29 is 22.3 Å². The maximum Gasteiger partial charge on any atom is 0.264 e. The van der Waals surface area contributed by atoms with Gasteiger partial charge in [0.15, 0.2) is 0 Å². The zero-order valence-electron chi connectivity index (χ0n) is 16.8. The Hall–Kier alpha value is -3.10. The smallest absolute Gasteiger partial charge is 0.264 e. The quantitative estimate of drug-likeness (QED) is 0.538. The molecule has 0 heterocycles. The highest BCUT2D eigenvalue weighted by molar-refractivity contribution is 7.92. The lowest BCUT2D eigenvalue weighted by Crippen LogP contribution is -2.30. The Morgan fingerprint density at radius 1 is 1.10 bits per heavy atom. The Morgan fingerprint density at radius 2 is 1.81 bits per heavy atom. The number of rotatable bonds is 7. The first-order valence-electron chi connectivity index (χ1n) is 9.30. The van der Waals surface area contributed by atoms with E-state index in [0.717, 1.165) is 6.07 Å². The van der Waals surface area contributed by atoms with Crippen LogP contribution in [0.5, 0.6) is 5.75 Å². The molecule has 0 aliphatic heterocycles. The van der Waals surface area contributed by atoms with Crippen LogP contribution in [0.3, 0.4) is 0 Å². The van der Waals surface area contributed by atoms with Crippen LogP contribution >= 0.6 is 11.6 Å². The van der Waals surface area contributed by atoms with E-state index in [1.807, 2.05) is 0 Å². The van der Waals surface area contributed by atoms with Gasteiger partial charge in [-0.15, -0.1) is 0 Å². The van der Waals surface area contributed by atoms with Crippen LogP contribution in [-0.4, -0.2) is 28.0 Å². The Morgan fingerprint density at radius 3 is 2.42 bits per heavy atom. The van der Waals surface area contributed by atoms with E-state index in [9.17, 15) is 17.6 Å². The average Bonchev–Trinajstić information content (AvgIpc) is 2.74. The first-order valence-corrected chi connectivity index (χ1v) is 11.1. The predicted octanol–water partition coefficient (Wildman–Crippen LogP) is 4.96. The number of carbonyl (C=O) groups is 1. The van der Waals surface area contributed by atoms with Crippen LogP contribution in [-0.2, 0) is 10.0 Å². The van der Waals surface area contributed by atoms with Gasteiger partial charge >= 0.3 is 0 Å². The molecule has 9 heteroatoms. The van der Waals surface area contributed by atoms with Crippen molar-refractivity contribution in [2.75, 3.05) is 23.3 Å². The summed E-state index contributed by atoms with van der Waals surface area (Å²) >= 11 is 5.73. The number of anilines is 2. The molecular formula is C22H20ClFN2O4S. The predicted molar refractivity (Wildman–Crippen MR) is 119 cm³/mol. The van der Waals surface area contributed by atoms with Crippen LogP contribution < -0.4 is 14.4 Å². The third kappa shape index (κ3) is 4.81. The number of nitrogens with zero attached hydrogens (tertiary/aromatic N) is 1. The van der Waals surface area contributed by atoms with E-state index < -0.39 is 21.7 Å². The van der Waals surface area contributed by atoms with Gasteiger partial charge in [0.05, 0.1) is 28.9 Å². The Kier molecular flexibility index (Phi) is 6.82. The molecule has 0 atom stereocenters. The summed E-state index contributed by atoms with van der Waals surface area (Å²) in [6, 6.07) is 16.4. The second kappa shape index (κ2) is 9.36. The summed E-state index contributed by atoms with van der Waals surface area (Å²) < 4.78 is 47.1. The highest BCUT2D eigenvalue weighted by Gasteiger charge is 2.25. The van der Waals surface area contributed by atoms with Gasteiger partial charge in [-0.25, -0.2) is 12.8 Å². The molecular weight excluding hydrogens is 443 g/mol. The van der Waals surface area contributed by atoms with Crippen molar-refractivity contribution in [2.45, 2.75) is 11.8 Å². The topological polar surface area (TPSA) is 75.7 Å². The van der Waals surface area contributed by atoms with Gasteiger partial charge in [0.2, 0.25) is 0 Å². The first kappa shape index (κ1) is 22.6. The van der Waals surface area contributed by atoms with Gasteiger partial charge in [-0.2, -0.15) is 0 Å². The van der Waals surface area contributed by atoms with E-state index in [-0.39, 0.29) is 33.5 Å². The van der Waals surface area contributed by atoms with Crippen LogP contribution in [0, 0.1) is 5.82 Å². The van der Waals surface area contributed by atoms with Crippen molar-refractivity contribution in [1.29, 1.82) is 0 Å². The van der Waals surface area contributed by atoms with Crippen molar-refractivity contribution in [3.05, 3.63) is 83.1 Å². The van der Waals surface area contributed by atoms with Crippen LogP contribution in [0.2, 0.25) is 5.02 Å². The van der Waals surface area contributed by atoms with Crippen LogP contribution in [0.1, 0.15) is 17.3 Å². The molecule has 0 unspecified atom stereocenters. The summed E-state index contributed by atoms with van der Waals surface area (Å²) in [6.45, 7) is 1.93. The molecule has 0 aliphatic carbocycles. The number of sulfonamides is 1. The Balaban J connectivity index is 1.99. The highest BCUT2D eigenvalue weighted by atomic mass is 35.5. The zero-order chi connectivity index (χ0) is 22.6. The lowest BCUT2D eigenvalue weighted by atomic mass is 10.2. The molecule has 1 N–H and O–H groups in total. The van der Waals surface area contributed by atoms with Gasteiger partial charge in [0.25, 0.3) is 15.9 Å². The van der Waals surface area contributed by atoms with Crippen LogP contribution in [0.4, 0.5) is 15.8 Å². The summed E-state index contributed by atoms with van der Waals surface area (Å²) in [5.41, 5.74) is 0.362. The second-order valence-corrected chi connectivity index (χ2v) is 8.74. The normalized spacial score (nSPS) is 11.1. The first-order chi connectivity index (χ1) is 14.8. The zero-order valence-corrected chi connectivity index (χ0v) is 18.4. The molecule has 3 aromatic carbocycles. The summed E-state index contributed by atoms with van der Waals surface area (Å²) in [6.07, 6.45) is 0. The minimum absolute atomic E-state index is 0.0501. The van der Waals surface area contributed by atoms with E-state index in [2.05, 4.69) is 5.32 Å². The Labute approximate surface area is 185 Å². The number of nitrogens with one attached hydrogen (secondary N) is 1. The molecule has 0 saturated heterocycles. The lowest BCUT2D eigenvalue weighted by Gasteiger charge is -2.23. The molecule has 0 bridgehead atoms. The number of methoxy groups -OCH3 is 1. The van der Waals surface area contributed by atoms with Crippen molar-refractivity contribution in [3.8, 4) is 5.75 Å². The number of hydrogen-bond donors (Lipinski definition) is 1. The fourth-order valence-corrected chi connectivity index (χ4v) is 4.68. The fraction of sp³-hybridized carbons (Fsp3) is 0.136. The van der Waals surface area contributed by atoms with E-state index in [1.54, 1.807) is 37.3 Å². The molecule has 3 rings (SSSR count). The minimum Gasteiger partial charge on any atom is -0.495 e.